The molecular weight excluding hydrogens is 328 g/mol. The number of pyridine rings is 1. The molecule has 0 fully saturated rings. The minimum atomic E-state index is -0.143. The van der Waals surface area contributed by atoms with Crippen LogP contribution < -0.4 is 10.3 Å². The fourth-order valence-electron chi connectivity index (χ4n) is 3.37. The van der Waals surface area contributed by atoms with Gasteiger partial charge in [0.25, 0.3) is 5.56 Å². The van der Waals surface area contributed by atoms with Crippen LogP contribution in [0.2, 0.25) is 0 Å². The minimum absolute atomic E-state index is 0.0263. The molecule has 0 N–H and O–H groups in total. The van der Waals surface area contributed by atoms with E-state index in [4.69, 9.17) is 4.74 Å². The highest BCUT2D eigenvalue weighted by molar-refractivity contribution is 5.82. The van der Waals surface area contributed by atoms with Crippen LogP contribution in [-0.2, 0) is 17.9 Å². The van der Waals surface area contributed by atoms with Crippen molar-refractivity contribution in [1.29, 1.82) is 0 Å². The molecule has 0 radical (unpaired) electrons. The van der Waals surface area contributed by atoms with Gasteiger partial charge in [0.2, 0.25) is 5.91 Å². The van der Waals surface area contributed by atoms with Gasteiger partial charge < -0.3 is 14.2 Å². The average Bonchev–Trinajstić information content (AvgIpc) is 2.82. The van der Waals surface area contributed by atoms with E-state index >= 15 is 0 Å². The first-order valence-corrected chi connectivity index (χ1v) is 8.72. The quantitative estimate of drug-likeness (QED) is 0.716. The molecule has 26 heavy (non-hydrogen) atoms. The van der Waals surface area contributed by atoms with E-state index in [9.17, 15) is 9.59 Å². The van der Waals surface area contributed by atoms with E-state index in [0.29, 0.717) is 18.5 Å². The van der Waals surface area contributed by atoms with Crippen LogP contribution in [0.25, 0.3) is 10.8 Å². The van der Waals surface area contributed by atoms with Crippen LogP contribution in [0.4, 0.5) is 0 Å². The average molecular weight is 348 g/mol. The Morgan fingerprint density at radius 3 is 2.77 bits per heavy atom. The highest BCUT2D eigenvalue weighted by atomic mass is 16.5. The third kappa shape index (κ3) is 3.08. The van der Waals surface area contributed by atoms with Crippen molar-refractivity contribution in [2.24, 2.45) is 0 Å². The molecular formula is C21H20N2O3. The Hall–Kier alpha value is -3.08. The molecule has 1 aromatic heterocycles. The predicted molar refractivity (Wildman–Crippen MR) is 100 cm³/mol. The summed E-state index contributed by atoms with van der Waals surface area (Å²) in [7, 11) is 0. The van der Waals surface area contributed by atoms with Gasteiger partial charge in [0.05, 0.1) is 6.54 Å². The largest absolute Gasteiger partial charge is 0.489 e. The minimum Gasteiger partial charge on any atom is -0.489 e. The summed E-state index contributed by atoms with van der Waals surface area (Å²) in [6.07, 6.45) is 1.59. The van der Waals surface area contributed by atoms with Crippen molar-refractivity contribution < 1.29 is 9.53 Å². The molecule has 5 heteroatoms. The molecule has 1 atom stereocenters. The molecule has 4 rings (SSSR count). The van der Waals surface area contributed by atoms with Crippen LogP contribution in [0.1, 0.15) is 12.5 Å². The van der Waals surface area contributed by atoms with E-state index in [1.807, 2.05) is 55.5 Å². The number of carbonyl (C=O) groups excluding carboxylic acids is 1. The second-order valence-electron chi connectivity index (χ2n) is 6.65. The summed E-state index contributed by atoms with van der Waals surface area (Å²) in [6, 6.07) is 17.0. The lowest BCUT2D eigenvalue weighted by atomic mass is 10.2. The number of benzene rings is 2. The van der Waals surface area contributed by atoms with Crippen LogP contribution in [0, 0.1) is 0 Å². The molecule has 0 aliphatic carbocycles. The van der Waals surface area contributed by atoms with Gasteiger partial charge in [0.1, 0.15) is 18.4 Å². The standard InChI is InChI=1S/C21H20N2O3/c1-15-12-23(13-17-7-3-5-9-19(17)26-15)20(24)14-22-11-10-16-6-2-4-8-18(16)21(22)25/h2-11,15H,12-14H2,1H3. The number of nitrogens with zero attached hydrogens (tertiary/aromatic N) is 2. The second kappa shape index (κ2) is 6.67. The van der Waals surface area contributed by atoms with Gasteiger partial charge in [-0.3, -0.25) is 9.59 Å². The molecule has 1 aliphatic heterocycles. The van der Waals surface area contributed by atoms with E-state index in [1.165, 1.54) is 4.57 Å². The topological polar surface area (TPSA) is 51.5 Å². The van der Waals surface area contributed by atoms with Crippen LogP contribution in [0.3, 0.4) is 0 Å². The van der Waals surface area contributed by atoms with Crippen molar-refractivity contribution in [3.63, 3.8) is 0 Å². The summed E-state index contributed by atoms with van der Waals surface area (Å²) < 4.78 is 7.39. The lowest BCUT2D eigenvalue weighted by molar-refractivity contribution is -0.133. The first-order valence-electron chi connectivity index (χ1n) is 8.72. The van der Waals surface area contributed by atoms with E-state index < -0.39 is 0 Å². The van der Waals surface area contributed by atoms with E-state index in [2.05, 4.69) is 0 Å². The normalized spacial score (nSPS) is 16.7. The molecule has 1 aliphatic rings. The number of aromatic nitrogens is 1. The number of rotatable bonds is 2. The van der Waals surface area contributed by atoms with E-state index in [0.717, 1.165) is 16.7 Å². The van der Waals surface area contributed by atoms with Crippen LogP contribution in [0.5, 0.6) is 5.75 Å². The lowest BCUT2D eigenvalue weighted by Gasteiger charge is -2.22. The molecule has 2 aromatic carbocycles. The van der Waals surface area contributed by atoms with Crippen LogP contribution >= 0.6 is 0 Å². The summed E-state index contributed by atoms with van der Waals surface area (Å²) in [5, 5.41) is 1.51. The Morgan fingerprint density at radius 2 is 1.88 bits per heavy atom. The third-order valence-electron chi connectivity index (χ3n) is 4.68. The molecule has 0 bridgehead atoms. The molecule has 3 aromatic rings. The van der Waals surface area contributed by atoms with Crippen LogP contribution in [-0.4, -0.2) is 28.0 Å². The van der Waals surface area contributed by atoms with Gasteiger partial charge in [-0.2, -0.15) is 0 Å². The Balaban J connectivity index is 1.60. The van der Waals surface area contributed by atoms with Gasteiger partial charge in [-0.15, -0.1) is 0 Å². The zero-order chi connectivity index (χ0) is 18.1. The molecule has 132 valence electrons. The van der Waals surface area contributed by atoms with E-state index in [1.54, 1.807) is 17.2 Å². The Morgan fingerprint density at radius 1 is 1.12 bits per heavy atom. The zero-order valence-corrected chi connectivity index (χ0v) is 14.6. The molecule has 1 unspecified atom stereocenters. The monoisotopic (exact) mass is 348 g/mol. The van der Waals surface area contributed by atoms with Gasteiger partial charge in [0, 0.05) is 23.7 Å². The Bertz CT molecular complexity index is 1020. The maximum atomic E-state index is 12.9. The van der Waals surface area contributed by atoms with Crippen molar-refractivity contribution in [2.75, 3.05) is 6.54 Å². The number of para-hydroxylation sites is 1. The molecule has 0 saturated heterocycles. The van der Waals surface area contributed by atoms with Gasteiger partial charge in [-0.1, -0.05) is 36.4 Å². The molecule has 0 spiro atoms. The van der Waals surface area contributed by atoms with Crippen molar-refractivity contribution in [2.45, 2.75) is 26.1 Å². The maximum Gasteiger partial charge on any atom is 0.258 e. The molecule has 5 nitrogen and oxygen atoms in total. The van der Waals surface area contributed by atoms with Gasteiger partial charge in [-0.05, 0) is 30.5 Å². The summed E-state index contributed by atoms with van der Waals surface area (Å²) in [5.74, 6) is 0.729. The first-order chi connectivity index (χ1) is 12.6. The van der Waals surface area contributed by atoms with Crippen LogP contribution in [0.15, 0.2) is 65.6 Å². The number of fused-ring (bicyclic) bond motifs is 2. The summed E-state index contributed by atoms with van der Waals surface area (Å²) >= 11 is 0. The lowest BCUT2D eigenvalue weighted by Crippen LogP contribution is -2.39. The smallest absolute Gasteiger partial charge is 0.258 e. The Labute approximate surface area is 151 Å². The number of amides is 1. The summed E-state index contributed by atoms with van der Waals surface area (Å²) in [6.45, 7) is 2.96. The number of carbonyl (C=O) groups is 1. The molecule has 1 amide bonds. The van der Waals surface area contributed by atoms with Crippen molar-refractivity contribution in [1.82, 2.24) is 9.47 Å². The summed E-state index contributed by atoms with van der Waals surface area (Å²) in [4.78, 5) is 27.3. The third-order valence-corrected chi connectivity index (χ3v) is 4.68. The van der Waals surface area contributed by atoms with E-state index in [-0.39, 0.29) is 24.1 Å². The first kappa shape index (κ1) is 16.4. The zero-order valence-electron chi connectivity index (χ0n) is 14.6. The fourth-order valence-corrected chi connectivity index (χ4v) is 3.37. The van der Waals surface area contributed by atoms with Crippen molar-refractivity contribution in [3.8, 4) is 5.75 Å². The SMILES string of the molecule is CC1CN(C(=O)Cn2ccc3ccccc3c2=O)Cc2ccccc2O1. The number of ether oxygens (including phenoxy) is 1. The molecule has 2 heterocycles. The van der Waals surface area contributed by atoms with Gasteiger partial charge >= 0.3 is 0 Å². The van der Waals surface area contributed by atoms with Gasteiger partial charge in [0.15, 0.2) is 0 Å². The summed E-state index contributed by atoms with van der Waals surface area (Å²) in [5.41, 5.74) is 0.840. The number of hydrogen-bond donors (Lipinski definition) is 0. The maximum absolute atomic E-state index is 12.9. The highest BCUT2D eigenvalue weighted by Crippen LogP contribution is 2.24. The number of hydrogen-bond acceptors (Lipinski definition) is 3. The fraction of sp³-hybridized carbons (Fsp3) is 0.238. The van der Waals surface area contributed by atoms with Crippen molar-refractivity contribution in [3.05, 3.63) is 76.7 Å². The van der Waals surface area contributed by atoms with Gasteiger partial charge in [-0.25, -0.2) is 0 Å². The second-order valence-corrected chi connectivity index (χ2v) is 6.65. The van der Waals surface area contributed by atoms with Crippen molar-refractivity contribution >= 4 is 16.7 Å². The highest BCUT2D eigenvalue weighted by Gasteiger charge is 2.24. The predicted octanol–water partition coefficient (Wildman–Crippen LogP) is 2.81. The molecule has 0 saturated carbocycles. The Kier molecular flexibility index (Phi) is 4.21.